The van der Waals surface area contributed by atoms with E-state index in [1.54, 1.807) is 25.1 Å². The lowest BCUT2D eigenvalue weighted by Crippen LogP contribution is -2.41. The molecule has 2 aromatic heterocycles. The van der Waals surface area contributed by atoms with Crippen molar-refractivity contribution in [3.8, 4) is 5.82 Å². The van der Waals surface area contributed by atoms with Crippen LogP contribution in [0.3, 0.4) is 0 Å². The van der Waals surface area contributed by atoms with Crippen LogP contribution in [0.4, 0.5) is 4.39 Å². The third-order valence-electron chi connectivity index (χ3n) is 5.06. The summed E-state index contributed by atoms with van der Waals surface area (Å²) in [6.07, 6.45) is 1.40. The van der Waals surface area contributed by atoms with Crippen molar-refractivity contribution < 1.29 is 12.8 Å². The van der Waals surface area contributed by atoms with E-state index in [0.29, 0.717) is 16.8 Å². The Kier molecular flexibility index (Phi) is 6.47. The van der Waals surface area contributed by atoms with Crippen LogP contribution in [0.1, 0.15) is 44.5 Å². The zero-order valence-electron chi connectivity index (χ0n) is 18.3. The molecule has 7 nitrogen and oxygen atoms in total. The van der Waals surface area contributed by atoms with Crippen LogP contribution >= 0.6 is 0 Å². The number of rotatable bonds is 7. The van der Waals surface area contributed by atoms with Crippen LogP contribution in [0.25, 0.3) is 5.82 Å². The first-order valence-corrected chi connectivity index (χ1v) is 11.5. The fraction of sp³-hybridized carbons (Fsp3) is 0.364. The number of hydrogen-bond acceptors (Lipinski definition) is 4. The maximum atomic E-state index is 14.0. The molecule has 1 N–H and O–H groups in total. The summed E-state index contributed by atoms with van der Waals surface area (Å²) < 4.78 is 42.7. The molecule has 0 fully saturated rings. The predicted octanol–water partition coefficient (Wildman–Crippen LogP) is 3.41. The van der Waals surface area contributed by atoms with Crippen molar-refractivity contribution in [2.75, 3.05) is 0 Å². The second-order valence-corrected chi connectivity index (χ2v) is 9.84. The molecule has 0 radical (unpaired) electrons. The monoisotopic (exact) mass is 446 g/mol. The molecule has 9 heteroatoms. The molecule has 0 unspecified atom stereocenters. The summed E-state index contributed by atoms with van der Waals surface area (Å²) in [7, 11) is -3.73. The molecule has 0 bridgehead atoms. The molecule has 0 aliphatic rings. The zero-order valence-corrected chi connectivity index (χ0v) is 19.1. The highest BCUT2D eigenvalue weighted by atomic mass is 32.2. The fourth-order valence-electron chi connectivity index (χ4n) is 3.71. The van der Waals surface area contributed by atoms with Crippen molar-refractivity contribution in [3.63, 3.8) is 0 Å². The number of benzene rings is 1. The second kappa shape index (κ2) is 8.76. The van der Waals surface area contributed by atoms with Gasteiger partial charge in [0.1, 0.15) is 10.7 Å². The Morgan fingerprint density at radius 3 is 2.29 bits per heavy atom. The van der Waals surface area contributed by atoms with Gasteiger partial charge < -0.3 is 0 Å². The third kappa shape index (κ3) is 4.47. The van der Waals surface area contributed by atoms with Gasteiger partial charge >= 0.3 is 0 Å². The molecule has 0 aliphatic carbocycles. The Morgan fingerprint density at radius 2 is 1.74 bits per heavy atom. The quantitative estimate of drug-likeness (QED) is 0.602. The van der Waals surface area contributed by atoms with E-state index in [1.165, 1.54) is 33.4 Å². The second-order valence-electron chi connectivity index (χ2n) is 8.00. The van der Waals surface area contributed by atoms with Gasteiger partial charge in [0, 0.05) is 36.0 Å². The Morgan fingerprint density at radius 1 is 1.10 bits per heavy atom. The molecular formula is C22H27FN4O3S. The Labute approximate surface area is 181 Å². The molecule has 166 valence electrons. The van der Waals surface area contributed by atoms with Gasteiger partial charge in [-0.05, 0) is 58.4 Å². The number of pyridine rings is 1. The molecule has 0 atom stereocenters. The highest BCUT2D eigenvalue weighted by Gasteiger charge is 2.29. The van der Waals surface area contributed by atoms with E-state index >= 15 is 0 Å². The highest BCUT2D eigenvalue weighted by Crippen LogP contribution is 2.21. The molecule has 0 saturated carbocycles. The molecule has 2 heterocycles. The number of H-pyrrole nitrogens is 1. The van der Waals surface area contributed by atoms with Crippen molar-refractivity contribution >= 4 is 10.0 Å². The van der Waals surface area contributed by atoms with Crippen LogP contribution < -0.4 is 5.56 Å². The van der Waals surface area contributed by atoms with Crippen molar-refractivity contribution in [2.24, 2.45) is 0 Å². The van der Waals surface area contributed by atoms with Crippen molar-refractivity contribution in [2.45, 2.75) is 58.0 Å². The third-order valence-corrected chi connectivity index (χ3v) is 7.30. The van der Waals surface area contributed by atoms with Crippen LogP contribution in [-0.2, 0) is 16.4 Å². The molecule has 0 spiro atoms. The lowest BCUT2D eigenvalue weighted by atomic mass is 10.1. The van der Waals surface area contributed by atoms with Gasteiger partial charge in [-0.15, -0.1) is 0 Å². The normalized spacial score (nSPS) is 12.3. The summed E-state index contributed by atoms with van der Waals surface area (Å²) in [5.41, 5.74) is 1.09. The first kappa shape index (κ1) is 22.9. The summed E-state index contributed by atoms with van der Waals surface area (Å²) in [5, 5.41) is 2.95. The summed E-state index contributed by atoms with van der Waals surface area (Å²) in [4.78, 5) is 17.2. The molecule has 1 aromatic carbocycles. The molecule has 3 aromatic rings. The SMILES string of the molecule is Cc1[nH]n(-c2ccc(S(=O)(=O)N(C(C)C)C(C)C)cn2)c(=O)c1Cc1ccccc1F. The average Bonchev–Trinajstić information content (AvgIpc) is 2.97. The minimum Gasteiger partial charge on any atom is -0.294 e. The minimum atomic E-state index is -3.73. The minimum absolute atomic E-state index is 0.0570. The number of aromatic nitrogens is 3. The topological polar surface area (TPSA) is 88.1 Å². The van der Waals surface area contributed by atoms with Gasteiger partial charge in [0.05, 0.1) is 0 Å². The number of aryl methyl sites for hydroxylation is 1. The number of hydrogen-bond donors (Lipinski definition) is 1. The van der Waals surface area contributed by atoms with Crippen LogP contribution in [-0.4, -0.2) is 39.6 Å². The van der Waals surface area contributed by atoms with E-state index in [2.05, 4.69) is 10.1 Å². The van der Waals surface area contributed by atoms with Gasteiger partial charge in [-0.2, -0.15) is 4.31 Å². The highest BCUT2D eigenvalue weighted by molar-refractivity contribution is 7.89. The van der Waals surface area contributed by atoms with Crippen LogP contribution in [0.5, 0.6) is 0 Å². The number of aromatic amines is 1. The first-order valence-electron chi connectivity index (χ1n) is 10.1. The van der Waals surface area contributed by atoms with Gasteiger partial charge in [0.25, 0.3) is 5.56 Å². The summed E-state index contributed by atoms with van der Waals surface area (Å²) in [6, 6.07) is 8.81. The van der Waals surface area contributed by atoms with E-state index < -0.39 is 10.0 Å². The molecule has 0 aliphatic heterocycles. The summed E-state index contributed by atoms with van der Waals surface area (Å²) in [6.45, 7) is 9.00. The molecule has 3 rings (SSSR count). The smallest absolute Gasteiger partial charge is 0.276 e. The van der Waals surface area contributed by atoms with Crippen molar-refractivity contribution in [1.29, 1.82) is 0 Å². The van der Waals surface area contributed by atoms with E-state index in [1.807, 2.05) is 27.7 Å². The van der Waals surface area contributed by atoms with Crippen LogP contribution in [0, 0.1) is 12.7 Å². The number of sulfonamides is 1. The van der Waals surface area contributed by atoms with E-state index in [-0.39, 0.29) is 40.6 Å². The standard InChI is InChI=1S/C22H27FN4O3S/c1-14(2)27(15(3)4)31(29,30)18-10-11-21(24-13-18)26-22(28)19(16(5)25-26)12-17-8-6-7-9-20(17)23/h6-11,13-15,25H,12H2,1-5H3. The fourth-order valence-corrected chi connectivity index (χ4v) is 5.49. The maximum Gasteiger partial charge on any atom is 0.276 e. The number of halogens is 1. The van der Waals surface area contributed by atoms with E-state index in [0.717, 1.165) is 0 Å². The average molecular weight is 447 g/mol. The Balaban J connectivity index is 1.95. The lowest BCUT2D eigenvalue weighted by Gasteiger charge is -2.29. The molecular weight excluding hydrogens is 419 g/mol. The Bertz CT molecular complexity index is 1220. The van der Waals surface area contributed by atoms with Gasteiger partial charge in [-0.25, -0.2) is 22.5 Å². The van der Waals surface area contributed by atoms with E-state index in [9.17, 15) is 17.6 Å². The van der Waals surface area contributed by atoms with Gasteiger partial charge in [-0.3, -0.25) is 9.89 Å². The molecule has 0 amide bonds. The first-order chi connectivity index (χ1) is 14.5. The lowest BCUT2D eigenvalue weighted by molar-refractivity contribution is 0.302. The zero-order chi connectivity index (χ0) is 22.9. The van der Waals surface area contributed by atoms with Gasteiger partial charge in [0.2, 0.25) is 10.0 Å². The summed E-state index contributed by atoms with van der Waals surface area (Å²) >= 11 is 0. The van der Waals surface area contributed by atoms with Crippen molar-refractivity contribution in [3.05, 3.63) is 75.6 Å². The van der Waals surface area contributed by atoms with Crippen molar-refractivity contribution in [1.82, 2.24) is 19.1 Å². The largest absolute Gasteiger partial charge is 0.294 e. The number of nitrogens with one attached hydrogen (secondary N) is 1. The van der Waals surface area contributed by atoms with Gasteiger partial charge in [-0.1, -0.05) is 18.2 Å². The molecule has 0 saturated heterocycles. The van der Waals surface area contributed by atoms with E-state index in [4.69, 9.17) is 0 Å². The summed E-state index contributed by atoms with van der Waals surface area (Å²) in [5.74, 6) is -0.117. The number of nitrogens with zero attached hydrogens (tertiary/aromatic N) is 3. The van der Waals surface area contributed by atoms with Crippen LogP contribution in [0.15, 0.2) is 52.3 Å². The Hall–Kier alpha value is -2.78. The molecule has 31 heavy (non-hydrogen) atoms. The van der Waals surface area contributed by atoms with Crippen LogP contribution in [0.2, 0.25) is 0 Å². The maximum absolute atomic E-state index is 14.0. The van der Waals surface area contributed by atoms with Gasteiger partial charge in [0.15, 0.2) is 5.82 Å². The predicted molar refractivity (Wildman–Crippen MR) is 117 cm³/mol.